The van der Waals surface area contributed by atoms with E-state index in [1.165, 1.54) is 0 Å². The maximum Gasteiger partial charge on any atom is 0.316 e. The van der Waals surface area contributed by atoms with Crippen molar-refractivity contribution < 1.29 is 9.53 Å². The van der Waals surface area contributed by atoms with Crippen LogP contribution in [-0.4, -0.2) is 40.0 Å². The Balaban J connectivity index is 1.40. The summed E-state index contributed by atoms with van der Waals surface area (Å²) >= 11 is 0. The van der Waals surface area contributed by atoms with Crippen molar-refractivity contribution in [1.82, 2.24) is 14.9 Å². The third-order valence-electron chi connectivity index (χ3n) is 5.27. The maximum atomic E-state index is 13.0. The van der Waals surface area contributed by atoms with Crippen LogP contribution in [0.15, 0.2) is 67.0 Å². The summed E-state index contributed by atoms with van der Waals surface area (Å²) in [5.41, 5.74) is 4.03. The highest BCUT2D eigenvalue weighted by Gasteiger charge is 2.26. The summed E-state index contributed by atoms with van der Waals surface area (Å²) < 4.78 is 5.93. The number of benzene rings is 2. The molecule has 1 aromatic heterocycles. The molecule has 0 radical (unpaired) electrons. The van der Waals surface area contributed by atoms with Crippen LogP contribution in [0.25, 0.3) is 11.1 Å². The van der Waals surface area contributed by atoms with Crippen molar-refractivity contribution in [3.05, 3.63) is 78.1 Å². The van der Waals surface area contributed by atoms with E-state index in [1.807, 2.05) is 47.4 Å². The van der Waals surface area contributed by atoms with Crippen LogP contribution in [0, 0.1) is 0 Å². The number of carbonyl (C=O) groups is 1. The van der Waals surface area contributed by atoms with Gasteiger partial charge in [0, 0.05) is 24.5 Å². The van der Waals surface area contributed by atoms with Gasteiger partial charge in [-0.05, 0) is 48.1 Å². The molecule has 148 valence electrons. The Morgan fingerprint density at radius 2 is 1.72 bits per heavy atom. The molecule has 1 aliphatic heterocycles. The molecule has 1 aliphatic rings. The first-order valence-corrected chi connectivity index (χ1v) is 10.2. The highest BCUT2D eigenvalue weighted by atomic mass is 16.5. The predicted molar refractivity (Wildman–Crippen MR) is 113 cm³/mol. The highest BCUT2D eigenvalue weighted by molar-refractivity contribution is 5.94. The molecule has 2 aromatic carbocycles. The van der Waals surface area contributed by atoms with Gasteiger partial charge in [-0.3, -0.25) is 4.79 Å². The van der Waals surface area contributed by atoms with Crippen molar-refractivity contribution in [3.63, 3.8) is 0 Å². The van der Waals surface area contributed by atoms with Gasteiger partial charge in [-0.15, -0.1) is 0 Å². The number of hydrogen-bond acceptors (Lipinski definition) is 4. The molecule has 2 heterocycles. The fourth-order valence-corrected chi connectivity index (χ4v) is 3.57. The van der Waals surface area contributed by atoms with E-state index in [1.54, 1.807) is 12.4 Å². The van der Waals surface area contributed by atoms with Gasteiger partial charge < -0.3 is 9.64 Å². The fraction of sp³-hybridized carbons (Fsp3) is 0.292. The number of likely N-dealkylation sites (tertiary alicyclic amines) is 1. The molecule has 0 aliphatic carbocycles. The Labute approximate surface area is 171 Å². The molecule has 29 heavy (non-hydrogen) atoms. The second-order valence-corrected chi connectivity index (χ2v) is 7.30. The Hall–Kier alpha value is -3.21. The summed E-state index contributed by atoms with van der Waals surface area (Å²) in [4.78, 5) is 23.4. The molecular weight excluding hydrogens is 362 g/mol. The number of piperidine rings is 1. The third kappa shape index (κ3) is 4.62. The van der Waals surface area contributed by atoms with Crippen molar-refractivity contribution in [1.29, 1.82) is 0 Å². The fourth-order valence-electron chi connectivity index (χ4n) is 3.57. The first-order chi connectivity index (χ1) is 14.2. The Morgan fingerprint density at radius 1 is 1.03 bits per heavy atom. The molecule has 1 unspecified atom stereocenters. The summed E-state index contributed by atoms with van der Waals surface area (Å²) in [6.45, 7) is 3.36. The Bertz CT molecular complexity index is 940. The van der Waals surface area contributed by atoms with E-state index in [0.717, 1.165) is 42.5 Å². The lowest BCUT2D eigenvalue weighted by Gasteiger charge is -2.32. The lowest BCUT2D eigenvalue weighted by atomic mass is 10.0. The normalized spacial score (nSPS) is 16.4. The topological polar surface area (TPSA) is 55.3 Å². The van der Waals surface area contributed by atoms with Crippen LogP contribution in [0.4, 0.5) is 0 Å². The van der Waals surface area contributed by atoms with E-state index in [0.29, 0.717) is 18.1 Å². The Morgan fingerprint density at radius 3 is 2.41 bits per heavy atom. The molecule has 1 fully saturated rings. The molecule has 1 saturated heterocycles. The minimum Gasteiger partial charge on any atom is -0.458 e. The minimum absolute atomic E-state index is 0.0418. The lowest BCUT2D eigenvalue weighted by Crippen LogP contribution is -2.44. The zero-order chi connectivity index (χ0) is 20.1. The molecule has 3 aromatic rings. The first-order valence-electron chi connectivity index (χ1n) is 10.2. The summed E-state index contributed by atoms with van der Waals surface area (Å²) in [6, 6.07) is 18.4. The number of carbonyl (C=O) groups excluding carboxylic acids is 1. The molecule has 5 nitrogen and oxygen atoms in total. The van der Waals surface area contributed by atoms with Crippen LogP contribution in [0.5, 0.6) is 6.01 Å². The van der Waals surface area contributed by atoms with Gasteiger partial charge >= 0.3 is 6.01 Å². The average molecular weight is 387 g/mol. The van der Waals surface area contributed by atoms with Gasteiger partial charge in [-0.2, -0.15) is 0 Å². The minimum atomic E-state index is -0.0798. The van der Waals surface area contributed by atoms with Gasteiger partial charge in [0.25, 0.3) is 5.91 Å². The van der Waals surface area contributed by atoms with Crippen LogP contribution in [0.1, 0.15) is 35.7 Å². The van der Waals surface area contributed by atoms with Crippen molar-refractivity contribution >= 4 is 5.91 Å². The third-order valence-corrected chi connectivity index (χ3v) is 5.27. The van der Waals surface area contributed by atoms with Crippen LogP contribution in [0.2, 0.25) is 0 Å². The molecule has 1 amide bonds. The van der Waals surface area contributed by atoms with E-state index in [2.05, 4.69) is 29.0 Å². The summed E-state index contributed by atoms with van der Waals surface area (Å²) in [6.07, 6.45) is 6.21. The van der Waals surface area contributed by atoms with Gasteiger partial charge in [-0.25, -0.2) is 9.97 Å². The number of amides is 1. The second-order valence-electron chi connectivity index (χ2n) is 7.30. The average Bonchev–Trinajstić information content (AvgIpc) is 2.80. The number of aryl methyl sites for hydroxylation is 1. The smallest absolute Gasteiger partial charge is 0.316 e. The van der Waals surface area contributed by atoms with Gasteiger partial charge in [-0.1, -0.05) is 49.4 Å². The second kappa shape index (κ2) is 8.86. The van der Waals surface area contributed by atoms with Crippen LogP contribution in [0.3, 0.4) is 0 Å². The standard InChI is InChI=1S/C24H25N3O2/c1-2-18-15-25-24(26-16-18)29-22-9-6-14-27(17-22)23(28)21-12-10-20(11-13-21)19-7-4-3-5-8-19/h3-5,7-8,10-13,15-16,22H,2,6,9,14,17H2,1H3. The van der Waals surface area contributed by atoms with Gasteiger partial charge in [0.1, 0.15) is 6.10 Å². The zero-order valence-corrected chi connectivity index (χ0v) is 16.6. The Kier molecular flexibility index (Phi) is 5.84. The quantitative estimate of drug-likeness (QED) is 0.652. The number of aromatic nitrogens is 2. The highest BCUT2D eigenvalue weighted by Crippen LogP contribution is 2.21. The maximum absolute atomic E-state index is 13.0. The first kappa shape index (κ1) is 19.1. The molecule has 0 saturated carbocycles. The molecule has 4 rings (SSSR count). The van der Waals surface area contributed by atoms with E-state index in [-0.39, 0.29) is 12.0 Å². The molecule has 0 bridgehead atoms. The number of rotatable bonds is 5. The van der Waals surface area contributed by atoms with Crippen LogP contribution in [-0.2, 0) is 6.42 Å². The monoisotopic (exact) mass is 387 g/mol. The molecular formula is C24H25N3O2. The molecule has 0 spiro atoms. The lowest BCUT2D eigenvalue weighted by molar-refractivity contribution is 0.0515. The van der Waals surface area contributed by atoms with E-state index < -0.39 is 0 Å². The van der Waals surface area contributed by atoms with Crippen LogP contribution < -0.4 is 4.74 Å². The number of hydrogen-bond donors (Lipinski definition) is 0. The number of ether oxygens (including phenoxy) is 1. The molecule has 5 heteroatoms. The van der Waals surface area contributed by atoms with E-state index in [9.17, 15) is 4.79 Å². The zero-order valence-electron chi connectivity index (χ0n) is 16.6. The van der Waals surface area contributed by atoms with E-state index >= 15 is 0 Å². The van der Waals surface area contributed by atoms with Gasteiger partial charge in [0.15, 0.2) is 0 Å². The SMILES string of the molecule is CCc1cnc(OC2CCCN(C(=O)c3ccc(-c4ccccc4)cc3)C2)nc1. The van der Waals surface area contributed by atoms with E-state index in [4.69, 9.17) is 4.74 Å². The van der Waals surface area contributed by atoms with Crippen molar-refractivity contribution in [2.24, 2.45) is 0 Å². The largest absolute Gasteiger partial charge is 0.458 e. The van der Waals surface area contributed by atoms with Gasteiger partial charge in [0.2, 0.25) is 0 Å². The van der Waals surface area contributed by atoms with Crippen molar-refractivity contribution in [3.8, 4) is 17.1 Å². The molecule has 0 N–H and O–H groups in total. The predicted octanol–water partition coefficient (Wildman–Crippen LogP) is 4.39. The summed E-state index contributed by atoms with van der Waals surface area (Å²) in [5, 5.41) is 0. The summed E-state index contributed by atoms with van der Waals surface area (Å²) in [7, 11) is 0. The number of nitrogens with zero attached hydrogens (tertiary/aromatic N) is 3. The summed E-state index contributed by atoms with van der Waals surface area (Å²) in [5.74, 6) is 0.0418. The molecule has 1 atom stereocenters. The van der Waals surface area contributed by atoms with Crippen molar-refractivity contribution in [2.75, 3.05) is 13.1 Å². The van der Waals surface area contributed by atoms with Gasteiger partial charge in [0.05, 0.1) is 6.54 Å². The van der Waals surface area contributed by atoms with Crippen molar-refractivity contribution in [2.45, 2.75) is 32.3 Å². The van der Waals surface area contributed by atoms with Crippen LogP contribution >= 0.6 is 0 Å².